The minimum Gasteiger partial charge on any atom is -0.324 e. The Hall–Kier alpha value is -2.68. The molecule has 0 saturated heterocycles. The van der Waals surface area contributed by atoms with E-state index in [9.17, 15) is 4.79 Å². The van der Waals surface area contributed by atoms with Crippen LogP contribution in [0.4, 0.5) is 5.69 Å². The molecule has 3 aromatic rings. The second-order valence-corrected chi connectivity index (χ2v) is 8.75. The van der Waals surface area contributed by atoms with E-state index in [1.807, 2.05) is 32.9 Å². The lowest BCUT2D eigenvalue weighted by atomic mass is 9.84. The zero-order valence-electron chi connectivity index (χ0n) is 18.7. The number of nitrogens with zero attached hydrogens (tertiary/aromatic N) is 1. The van der Waals surface area contributed by atoms with Crippen LogP contribution in [-0.2, 0) is 4.79 Å². The number of hydrogen-bond donors (Lipinski definition) is 1. The van der Waals surface area contributed by atoms with Crippen molar-refractivity contribution in [2.45, 2.75) is 65.7 Å². The van der Waals surface area contributed by atoms with Gasteiger partial charge >= 0.3 is 0 Å². The zero-order valence-corrected chi connectivity index (χ0v) is 18.7. The molecule has 158 valence electrons. The summed E-state index contributed by atoms with van der Waals surface area (Å²) in [5, 5.41) is 4.25. The van der Waals surface area contributed by atoms with E-state index >= 15 is 0 Å². The molecule has 0 spiro atoms. The highest BCUT2D eigenvalue weighted by molar-refractivity contribution is 6.03. The SMILES string of the molecule is CCCCCC(c1ccccc1)c1ccc(NC(=O)C(C)(C)CC)c2ncccc12. The number of aromatic nitrogens is 1. The van der Waals surface area contributed by atoms with E-state index in [4.69, 9.17) is 0 Å². The number of carbonyl (C=O) groups excluding carboxylic acids is 1. The highest BCUT2D eigenvalue weighted by Gasteiger charge is 2.26. The molecular weight excluding hydrogens is 368 g/mol. The van der Waals surface area contributed by atoms with E-state index in [-0.39, 0.29) is 5.91 Å². The van der Waals surface area contributed by atoms with Gasteiger partial charge in [-0.25, -0.2) is 0 Å². The Morgan fingerprint density at radius 2 is 1.77 bits per heavy atom. The van der Waals surface area contributed by atoms with E-state index in [2.05, 4.69) is 59.7 Å². The zero-order chi connectivity index (χ0) is 21.6. The Labute approximate surface area is 180 Å². The van der Waals surface area contributed by atoms with E-state index in [1.165, 1.54) is 30.4 Å². The standard InChI is InChI=1S/C27H34N2O/c1-5-7-9-15-21(20-13-10-8-11-14-20)22-17-18-24(25-23(22)16-12-19-28-25)29-26(30)27(3,4)6-2/h8,10-14,16-19,21H,5-7,9,15H2,1-4H3,(H,29,30). The molecule has 1 heterocycles. The number of fused-ring (bicyclic) bond motifs is 1. The number of amides is 1. The summed E-state index contributed by atoms with van der Waals surface area (Å²) in [5.74, 6) is 0.355. The van der Waals surface area contributed by atoms with E-state index in [1.54, 1.807) is 6.20 Å². The van der Waals surface area contributed by atoms with Crippen LogP contribution < -0.4 is 5.32 Å². The average Bonchev–Trinajstić information content (AvgIpc) is 2.78. The molecule has 1 atom stereocenters. The molecule has 0 aliphatic heterocycles. The fourth-order valence-electron chi connectivity index (χ4n) is 3.84. The van der Waals surface area contributed by atoms with E-state index in [0.717, 1.165) is 29.4 Å². The summed E-state index contributed by atoms with van der Waals surface area (Å²) in [5.41, 5.74) is 3.87. The molecule has 0 aliphatic rings. The van der Waals surface area contributed by atoms with Crippen molar-refractivity contribution in [1.29, 1.82) is 0 Å². The van der Waals surface area contributed by atoms with E-state index < -0.39 is 5.41 Å². The number of nitrogens with one attached hydrogen (secondary N) is 1. The molecule has 0 radical (unpaired) electrons. The van der Waals surface area contributed by atoms with Crippen LogP contribution in [0.5, 0.6) is 0 Å². The maximum Gasteiger partial charge on any atom is 0.230 e. The summed E-state index contributed by atoms with van der Waals surface area (Å²) in [6.07, 6.45) is 7.34. The molecule has 0 fully saturated rings. The van der Waals surface area contributed by atoms with Crippen molar-refractivity contribution in [2.24, 2.45) is 5.41 Å². The summed E-state index contributed by atoms with van der Waals surface area (Å²) < 4.78 is 0. The molecular formula is C27H34N2O. The van der Waals surface area contributed by atoms with Crippen molar-refractivity contribution in [3.05, 3.63) is 71.9 Å². The van der Waals surface area contributed by atoms with Gasteiger partial charge in [0, 0.05) is 22.9 Å². The van der Waals surface area contributed by atoms with Crippen LogP contribution in [0.3, 0.4) is 0 Å². The third-order valence-electron chi connectivity index (χ3n) is 6.22. The van der Waals surface area contributed by atoms with Crippen LogP contribution in [0.2, 0.25) is 0 Å². The van der Waals surface area contributed by atoms with Gasteiger partial charge < -0.3 is 5.32 Å². The molecule has 30 heavy (non-hydrogen) atoms. The molecule has 0 aliphatic carbocycles. The van der Waals surface area contributed by atoms with Gasteiger partial charge in [0.2, 0.25) is 5.91 Å². The topological polar surface area (TPSA) is 42.0 Å². The van der Waals surface area contributed by atoms with Crippen LogP contribution in [0.25, 0.3) is 10.9 Å². The number of anilines is 1. The van der Waals surface area contributed by atoms with Gasteiger partial charge in [-0.15, -0.1) is 0 Å². The van der Waals surface area contributed by atoms with Crippen molar-refractivity contribution < 1.29 is 4.79 Å². The Morgan fingerprint density at radius 3 is 2.47 bits per heavy atom. The number of carbonyl (C=O) groups is 1. The molecule has 1 unspecified atom stereocenters. The predicted molar refractivity (Wildman–Crippen MR) is 127 cm³/mol. The Bertz CT molecular complexity index is 979. The molecule has 1 N–H and O–H groups in total. The number of rotatable bonds is 9. The highest BCUT2D eigenvalue weighted by atomic mass is 16.2. The van der Waals surface area contributed by atoms with Gasteiger partial charge in [0.05, 0.1) is 11.2 Å². The lowest BCUT2D eigenvalue weighted by Crippen LogP contribution is -2.30. The largest absolute Gasteiger partial charge is 0.324 e. The maximum atomic E-state index is 12.8. The number of unbranched alkanes of at least 4 members (excludes halogenated alkanes) is 2. The second-order valence-electron chi connectivity index (χ2n) is 8.75. The third-order valence-corrected chi connectivity index (χ3v) is 6.22. The molecule has 1 aromatic heterocycles. The minimum absolute atomic E-state index is 0.0345. The summed E-state index contributed by atoms with van der Waals surface area (Å²) in [4.78, 5) is 17.4. The van der Waals surface area contributed by atoms with Crippen LogP contribution in [0, 0.1) is 5.41 Å². The lowest BCUT2D eigenvalue weighted by Gasteiger charge is -2.24. The van der Waals surface area contributed by atoms with Gasteiger partial charge in [0.1, 0.15) is 0 Å². The monoisotopic (exact) mass is 402 g/mol. The van der Waals surface area contributed by atoms with Gasteiger partial charge in [-0.2, -0.15) is 0 Å². The van der Waals surface area contributed by atoms with Crippen molar-refractivity contribution in [2.75, 3.05) is 5.32 Å². The van der Waals surface area contributed by atoms with Crippen LogP contribution in [-0.4, -0.2) is 10.9 Å². The molecule has 0 bridgehead atoms. The smallest absolute Gasteiger partial charge is 0.230 e. The summed E-state index contributed by atoms with van der Waals surface area (Å²) >= 11 is 0. The van der Waals surface area contributed by atoms with Gasteiger partial charge in [-0.05, 0) is 36.1 Å². The molecule has 3 nitrogen and oxygen atoms in total. The Kier molecular flexibility index (Phi) is 7.25. The van der Waals surface area contributed by atoms with Gasteiger partial charge in [0.15, 0.2) is 0 Å². The van der Waals surface area contributed by atoms with Crippen molar-refractivity contribution in [1.82, 2.24) is 4.98 Å². The average molecular weight is 403 g/mol. The van der Waals surface area contributed by atoms with Crippen molar-refractivity contribution >= 4 is 22.5 Å². The second kappa shape index (κ2) is 9.88. The normalized spacial score (nSPS) is 12.7. The summed E-state index contributed by atoms with van der Waals surface area (Å²) in [7, 11) is 0. The van der Waals surface area contributed by atoms with Gasteiger partial charge in [-0.1, -0.05) is 89.4 Å². The van der Waals surface area contributed by atoms with Crippen LogP contribution >= 0.6 is 0 Å². The quantitative estimate of drug-likeness (QED) is 0.381. The molecule has 2 aromatic carbocycles. The Morgan fingerprint density at radius 1 is 1.00 bits per heavy atom. The summed E-state index contributed by atoms with van der Waals surface area (Å²) in [6.45, 7) is 8.24. The minimum atomic E-state index is -0.410. The molecule has 3 rings (SSSR count). The highest BCUT2D eigenvalue weighted by Crippen LogP contribution is 2.37. The first-order chi connectivity index (χ1) is 14.5. The van der Waals surface area contributed by atoms with Crippen molar-refractivity contribution in [3.63, 3.8) is 0 Å². The molecule has 0 saturated carbocycles. The first-order valence-corrected chi connectivity index (χ1v) is 11.2. The maximum absolute atomic E-state index is 12.8. The number of benzene rings is 2. The fraction of sp³-hybridized carbons (Fsp3) is 0.407. The van der Waals surface area contributed by atoms with E-state index in [0.29, 0.717) is 5.92 Å². The predicted octanol–water partition coefficient (Wildman–Crippen LogP) is 7.32. The number of hydrogen-bond acceptors (Lipinski definition) is 2. The van der Waals surface area contributed by atoms with Gasteiger partial charge in [-0.3, -0.25) is 9.78 Å². The fourth-order valence-corrected chi connectivity index (χ4v) is 3.84. The van der Waals surface area contributed by atoms with Crippen molar-refractivity contribution in [3.8, 4) is 0 Å². The lowest BCUT2D eigenvalue weighted by molar-refractivity contribution is -0.124. The Balaban J connectivity index is 2.04. The first-order valence-electron chi connectivity index (χ1n) is 11.2. The first kappa shape index (κ1) is 22.0. The number of pyridine rings is 1. The van der Waals surface area contributed by atoms with Gasteiger partial charge in [0.25, 0.3) is 0 Å². The molecule has 1 amide bonds. The molecule has 3 heteroatoms. The van der Waals surface area contributed by atoms with Crippen LogP contribution in [0.15, 0.2) is 60.8 Å². The third kappa shape index (κ3) is 4.89. The van der Waals surface area contributed by atoms with Crippen LogP contribution in [0.1, 0.15) is 76.8 Å². The summed E-state index contributed by atoms with van der Waals surface area (Å²) in [6, 6.07) is 19.1.